The minimum atomic E-state index is -0.0600. The number of furan rings is 2. The quantitative estimate of drug-likeness (QED) is 0.205. The first-order chi connectivity index (χ1) is 22.5. The van der Waals surface area contributed by atoms with E-state index in [9.17, 15) is 0 Å². The second-order valence-corrected chi connectivity index (χ2v) is 13.0. The van der Waals surface area contributed by atoms with Crippen molar-refractivity contribution in [3.63, 3.8) is 0 Å². The Morgan fingerprint density at radius 1 is 0.435 bits per heavy atom. The highest BCUT2D eigenvalue weighted by Gasteiger charge is 2.36. The highest BCUT2D eigenvalue weighted by atomic mass is 16.3. The topological polar surface area (TPSA) is 29.5 Å². The zero-order valence-corrected chi connectivity index (χ0v) is 25.5. The number of rotatable bonds is 3. The number of benzene rings is 7. The van der Waals surface area contributed by atoms with Gasteiger partial charge in [-0.2, -0.15) is 0 Å². The number of hydrogen-bond acceptors (Lipinski definition) is 3. The van der Waals surface area contributed by atoms with E-state index in [0.717, 1.165) is 60.9 Å². The van der Waals surface area contributed by atoms with Gasteiger partial charge in [-0.15, -0.1) is 0 Å². The normalized spacial score (nSPS) is 13.6. The molecule has 0 saturated carbocycles. The predicted molar refractivity (Wildman–Crippen MR) is 191 cm³/mol. The van der Waals surface area contributed by atoms with Crippen LogP contribution in [0.2, 0.25) is 0 Å². The monoisotopic (exact) mass is 591 g/mol. The average Bonchev–Trinajstić information content (AvgIpc) is 3.72. The molecule has 9 aromatic rings. The highest BCUT2D eigenvalue weighted by Crippen LogP contribution is 2.52. The van der Waals surface area contributed by atoms with Crippen LogP contribution in [-0.4, -0.2) is 0 Å². The molecule has 3 nitrogen and oxygen atoms in total. The van der Waals surface area contributed by atoms with Crippen molar-refractivity contribution in [1.82, 2.24) is 0 Å². The number of anilines is 3. The molecule has 46 heavy (non-hydrogen) atoms. The summed E-state index contributed by atoms with van der Waals surface area (Å²) in [5, 5.41) is 6.95. The lowest BCUT2D eigenvalue weighted by molar-refractivity contribution is 0.661. The van der Waals surface area contributed by atoms with Crippen molar-refractivity contribution in [2.24, 2.45) is 0 Å². The van der Waals surface area contributed by atoms with Gasteiger partial charge in [0.1, 0.15) is 22.3 Å². The third-order valence-electron chi connectivity index (χ3n) is 10.0. The molecule has 2 heterocycles. The number of hydrogen-bond donors (Lipinski definition) is 0. The molecule has 0 unspecified atom stereocenters. The Bertz CT molecular complexity index is 2690. The smallest absolute Gasteiger partial charge is 0.137 e. The van der Waals surface area contributed by atoms with Crippen molar-refractivity contribution in [2.45, 2.75) is 19.3 Å². The van der Waals surface area contributed by atoms with Crippen molar-refractivity contribution < 1.29 is 8.83 Å². The van der Waals surface area contributed by atoms with Gasteiger partial charge in [0.15, 0.2) is 0 Å². The zero-order valence-electron chi connectivity index (χ0n) is 25.5. The van der Waals surface area contributed by atoms with Crippen LogP contribution in [0.15, 0.2) is 148 Å². The first-order valence-corrected chi connectivity index (χ1v) is 15.8. The first kappa shape index (κ1) is 25.5. The van der Waals surface area contributed by atoms with Gasteiger partial charge >= 0.3 is 0 Å². The molecule has 0 atom stereocenters. The van der Waals surface area contributed by atoms with Crippen molar-refractivity contribution in [3.8, 4) is 11.1 Å². The highest BCUT2D eigenvalue weighted by molar-refractivity contribution is 6.09. The summed E-state index contributed by atoms with van der Waals surface area (Å²) in [6.07, 6.45) is 0. The van der Waals surface area contributed by atoms with E-state index in [1.165, 1.54) is 33.0 Å². The van der Waals surface area contributed by atoms with Gasteiger partial charge in [-0.1, -0.05) is 92.7 Å². The summed E-state index contributed by atoms with van der Waals surface area (Å²) in [4.78, 5) is 2.35. The fourth-order valence-corrected chi connectivity index (χ4v) is 7.80. The molecule has 0 N–H and O–H groups in total. The van der Waals surface area contributed by atoms with Gasteiger partial charge in [0, 0.05) is 50.1 Å². The average molecular weight is 592 g/mol. The van der Waals surface area contributed by atoms with Crippen LogP contribution in [0.5, 0.6) is 0 Å². The second kappa shape index (κ2) is 9.12. The Balaban J connectivity index is 1.24. The molecule has 0 aliphatic heterocycles. The lowest BCUT2D eigenvalue weighted by atomic mass is 9.82. The lowest BCUT2D eigenvalue weighted by Gasteiger charge is -2.26. The summed E-state index contributed by atoms with van der Waals surface area (Å²) in [5.74, 6) is 0. The van der Waals surface area contributed by atoms with E-state index in [0.29, 0.717) is 0 Å². The molecule has 2 aromatic heterocycles. The van der Waals surface area contributed by atoms with Crippen LogP contribution >= 0.6 is 0 Å². The fraction of sp³-hybridized carbons (Fsp3) is 0.0698. The molecule has 1 aliphatic carbocycles. The van der Waals surface area contributed by atoms with Crippen LogP contribution < -0.4 is 4.90 Å². The SMILES string of the molecule is CC1(C)c2ccccc2-c2c1ccc1ccc(N(c3ccc4c(c3)oc3ccccc34)c3ccc4oc5ccccc5c4c3)cc21. The van der Waals surface area contributed by atoms with E-state index >= 15 is 0 Å². The molecule has 0 fully saturated rings. The van der Waals surface area contributed by atoms with E-state index < -0.39 is 0 Å². The first-order valence-electron chi connectivity index (χ1n) is 15.8. The molecule has 0 bridgehead atoms. The van der Waals surface area contributed by atoms with Crippen molar-refractivity contribution >= 4 is 71.7 Å². The Kier molecular flexibility index (Phi) is 5.06. The van der Waals surface area contributed by atoms with Crippen LogP contribution in [0.1, 0.15) is 25.0 Å². The van der Waals surface area contributed by atoms with Crippen LogP contribution in [-0.2, 0) is 5.41 Å². The summed E-state index contributed by atoms with van der Waals surface area (Å²) in [5.41, 5.74) is 12.1. The van der Waals surface area contributed by atoms with Crippen molar-refractivity contribution in [2.75, 3.05) is 4.90 Å². The molecule has 0 saturated heterocycles. The molecule has 10 rings (SSSR count). The van der Waals surface area contributed by atoms with Crippen molar-refractivity contribution in [3.05, 3.63) is 151 Å². The largest absolute Gasteiger partial charge is 0.456 e. The summed E-state index contributed by atoms with van der Waals surface area (Å²) < 4.78 is 12.6. The van der Waals surface area contributed by atoms with E-state index in [-0.39, 0.29) is 5.41 Å². The number of fused-ring (bicyclic) bond motifs is 11. The van der Waals surface area contributed by atoms with Gasteiger partial charge in [0.25, 0.3) is 0 Å². The van der Waals surface area contributed by atoms with Gasteiger partial charge in [-0.3, -0.25) is 0 Å². The van der Waals surface area contributed by atoms with Gasteiger partial charge in [-0.05, 0) is 87.6 Å². The van der Waals surface area contributed by atoms with Crippen molar-refractivity contribution in [1.29, 1.82) is 0 Å². The number of nitrogens with zero attached hydrogens (tertiary/aromatic N) is 1. The summed E-state index contributed by atoms with van der Waals surface area (Å²) in [7, 11) is 0. The molecular weight excluding hydrogens is 562 g/mol. The van der Waals surface area contributed by atoms with Crippen LogP contribution in [0.4, 0.5) is 17.1 Å². The Morgan fingerprint density at radius 3 is 1.83 bits per heavy atom. The maximum atomic E-state index is 6.38. The summed E-state index contributed by atoms with van der Waals surface area (Å²) >= 11 is 0. The standard InChI is InChI=1S/C43H29NO2/c1-43(2)36-12-6-3-11-33(36)42-34-23-27(17-15-26(34)16-21-37(42)43)44(28-19-22-40-35(24-28)31-10-5-8-14-39(31)45-40)29-18-20-32-30-9-4-7-13-38(30)46-41(32)25-29/h3-25H,1-2H3. The molecule has 0 spiro atoms. The van der Waals surface area contributed by atoms with E-state index in [4.69, 9.17) is 8.83 Å². The van der Waals surface area contributed by atoms with Gasteiger partial charge < -0.3 is 13.7 Å². The van der Waals surface area contributed by atoms with E-state index in [2.05, 4.69) is 134 Å². The van der Waals surface area contributed by atoms with Gasteiger partial charge in [0.2, 0.25) is 0 Å². The minimum Gasteiger partial charge on any atom is -0.456 e. The third-order valence-corrected chi connectivity index (χ3v) is 10.0. The summed E-state index contributed by atoms with van der Waals surface area (Å²) in [6, 6.07) is 49.9. The van der Waals surface area contributed by atoms with Crippen LogP contribution in [0, 0.1) is 0 Å². The second-order valence-electron chi connectivity index (χ2n) is 13.0. The predicted octanol–water partition coefficient (Wildman–Crippen LogP) is 12.4. The Labute approximate surface area is 265 Å². The van der Waals surface area contributed by atoms with Crippen LogP contribution in [0.3, 0.4) is 0 Å². The fourth-order valence-electron chi connectivity index (χ4n) is 7.80. The maximum absolute atomic E-state index is 6.38. The number of para-hydroxylation sites is 2. The zero-order chi connectivity index (χ0) is 30.6. The minimum absolute atomic E-state index is 0.0600. The molecular formula is C43H29NO2. The Hall–Kier alpha value is -5.80. The molecule has 1 aliphatic rings. The molecule has 0 radical (unpaired) electrons. The maximum Gasteiger partial charge on any atom is 0.137 e. The lowest BCUT2D eigenvalue weighted by Crippen LogP contribution is -2.14. The Morgan fingerprint density at radius 2 is 1.00 bits per heavy atom. The summed E-state index contributed by atoms with van der Waals surface area (Å²) in [6.45, 7) is 4.68. The molecule has 7 aromatic carbocycles. The van der Waals surface area contributed by atoms with E-state index in [1.54, 1.807) is 0 Å². The molecule has 3 heteroatoms. The molecule has 0 amide bonds. The molecule has 218 valence electrons. The van der Waals surface area contributed by atoms with Gasteiger partial charge in [-0.25, -0.2) is 0 Å². The van der Waals surface area contributed by atoms with Gasteiger partial charge in [0.05, 0.1) is 0 Å². The van der Waals surface area contributed by atoms with Crippen LogP contribution in [0.25, 0.3) is 65.8 Å². The van der Waals surface area contributed by atoms with E-state index in [1.807, 2.05) is 24.3 Å². The third kappa shape index (κ3) is 3.48.